The van der Waals surface area contributed by atoms with Crippen LogP contribution >= 0.6 is 0 Å². The van der Waals surface area contributed by atoms with Crippen LogP contribution in [0, 0.1) is 17.5 Å². The Bertz CT molecular complexity index is 959. The van der Waals surface area contributed by atoms with Gasteiger partial charge in [-0.15, -0.1) is 0 Å². The third-order valence-corrected chi connectivity index (χ3v) is 5.57. The van der Waals surface area contributed by atoms with Gasteiger partial charge >= 0.3 is 6.09 Å². The highest BCUT2D eigenvalue weighted by Gasteiger charge is 2.39. The Labute approximate surface area is 203 Å². The maximum absolute atomic E-state index is 14.4. The maximum Gasteiger partial charge on any atom is 0.408 e. The van der Waals surface area contributed by atoms with Crippen molar-refractivity contribution < 1.29 is 37.4 Å². The molecule has 0 saturated carbocycles. The van der Waals surface area contributed by atoms with E-state index in [-0.39, 0.29) is 31.7 Å². The van der Waals surface area contributed by atoms with Crippen LogP contribution in [0.2, 0.25) is 0 Å². The highest BCUT2D eigenvalue weighted by molar-refractivity contribution is 5.89. The summed E-state index contributed by atoms with van der Waals surface area (Å²) in [5, 5.41) is 12.6. The summed E-state index contributed by atoms with van der Waals surface area (Å²) < 4.78 is 47.4. The first-order chi connectivity index (χ1) is 16.0. The molecule has 0 unspecified atom stereocenters. The van der Waals surface area contributed by atoms with E-state index in [4.69, 9.17) is 4.74 Å². The van der Waals surface area contributed by atoms with Crippen LogP contribution in [0.5, 0.6) is 0 Å². The molecule has 35 heavy (non-hydrogen) atoms. The number of nitrogens with zero attached hydrogens (tertiary/aromatic N) is 2. The second-order valence-corrected chi connectivity index (χ2v) is 10.6. The van der Waals surface area contributed by atoms with E-state index in [0.29, 0.717) is 12.1 Å². The van der Waals surface area contributed by atoms with Crippen LogP contribution in [0.4, 0.5) is 18.0 Å². The SMILES string of the molecule is CC(C)(C)OC[C@@H]1C(=O)NCCN1C(=O)C[C@@H](Cc1cc(F)c(F)cc1F)N(C(=O)O)C(C)(C)C. The van der Waals surface area contributed by atoms with Crippen LogP contribution in [0.25, 0.3) is 0 Å². The topological polar surface area (TPSA) is 99.2 Å². The van der Waals surface area contributed by atoms with Gasteiger partial charge in [0.2, 0.25) is 11.8 Å². The molecule has 0 radical (unpaired) electrons. The molecular weight excluding hydrogens is 467 g/mol. The second-order valence-electron chi connectivity index (χ2n) is 10.6. The number of piperazine rings is 1. The fourth-order valence-electron chi connectivity index (χ4n) is 4.05. The molecule has 0 bridgehead atoms. The zero-order valence-electron chi connectivity index (χ0n) is 21.0. The molecule has 1 aliphatic rings. The maximum atomic E-state index is 14.4. The van der Waals surface area contributed by atoms with E-state index in [9.17, 15) is 32.7 Å². The number of carbonyl (C=O) groups excluding carboxylic acids is 2. The van der Waals surface area contributed by atoms with Crippen LogP contribution in [0.3, 0.4) is 0 Å². The van der Waals surface area contributed by atoms with Crippen molar-refractivity contribution >= 4 is 17.9 Å². The Morgan fingerprint density at radius 2 is 1.74 bits per heavy atom. The van der Waals surface area contributed by atoms with Gasteiger partial charge in [0.1, 0.15) is 11.9 Å². The van der Waals surface area contributed by atoms with Crippen LogP contribution in [0.15, 0.2) is 12.1 Å². The molecule has 1 heterocycles. The lowest BCUT2D eigenvalue weighted by atomic mass is 9.95. The summed E-state index contributed by atoms with van der Waals surface area (Å²) in [6.45, 7) is 10.6. The Morgan fingerprint density at radius 1 is 1.14 bits per heavy atom. The van der Waals surface area contributed by atoms with Gasteiger partial charge < -0.3 is 20.1 Å². The van der Waals surface area contributed by atoms with E-state index in [1.54, 1.807) is 41.5 Å². The first-order valence-electron chi connectivity index (χ1n) is 11.4. The predicted octanol–water partition coefficient (Wildman–Crippen LogP) is 3.33. The van der Waals surface area contributed by atoms with Gasteiger partial charge in [0.15, 0.2) is 11.6 Å². The fourth-order valence-corrected chi connectivity index (χ4v) is 4.05. The fraction of sp³-hybridized carbons (Fsp3) is 0.625. The number of ether oxygens (including phenoxy) is 1. The Kier molecular flexibility index (Phi) is 8.80. The number of rotatable bonds is 7. The van der Waals surface area contributed by atoms with Crippen molar-refractivity contribution in [1.29, 1.82) is 0 Å². The quantitative estimate of drug-likeness (QED) is 0.559. The summed E-state index contributed by atoms with van der Waals surface area (Å²) in [5.41, 5.74) is -1.83. The highest BCUT2D eigenvalue weighted by atomic mass is 19.2. The molecule has 0 aromatic heterocycles. The van der Waals surface area contributed by atoms with Crippen LogP contribution in [-0.2, 0) is 20.7 Å². The normalized spacial score (nSPS) is 17.7. The summed E-state index contributed by atoms with van der Waals surface area (Å²) in [7, 11) is 0. The molecular formula is C24H34F3N3O5. The van der Waals surface area contributed by atoms with Crippen molar-refractivity contribution in [3.05, 3.63) is 35.1 Å². The van der Waals surface area contributed by atoms with Gasteiger partial charge in [-0.25, -0.2) is 18.0 Å². The van der Waals surface area contributed by atoms with Crippen LogP contribution in [-0.4, -0.2) is 75.7 Å². The smallest absolute Gasteiger partial charge is 0.408 e. The average molecular weight is 502 g/mol. The van der Waals surface area contributed by atoms with E-state index < -0.39 is 65.0 Å². The summed E-state index contributed by atoms with van der Waals surface area (Å²) in [5.74, 6) is -4.63. The molecule has 11 heteroatoms. The number of hydrogen-bond acceptors (Lipinski definition) is 4. The molecule has 2 atom stereocenters. The van der Waals surface area contributed by atoms with Crippen molar-refractivity contribution in [1.82, 2.24) is 15.1 Å². The largest absolute Gasteiger partial charge is 0.465 e. The van der Waals surface area contributed by atoms with Crippen LogP contribution < -0.4 is 5.32 Å². The van der Waals surface area contributed by atoms with Gasteiger partial charge in [-0.05, 0) is 59.6 Å². The second kappa shape index (κ2) is 10.8. The van der Waals surface area contributed by atoms with Gasteiger partial charge in [-0.1, -0.05) is 0 Å². The van der Waals surface area contributed by atoms with Crippen molar-refractivity contribution in [3.8, 4) is 0 Å². The molecule has 3 amide bonds. The lowest BCUT2D eigenvalue weighted by molar-refractivity contribution is -0.149. The molecule has 1 aromatic carbocycles. The van der Waals surface area contributed by atoms with E-state index in [2.05, 4.69) is 5.32 Å². The van der Waals surface area contributed by atoms with E-state index in [1.807, 2.05) is 0 Å². The lowest BCUT2D eigenvalue weighted by Crippen LogP contribution is -2.60. The molecule has 0 spiro atoms. The van der Waals surface area contributed by atoms with E-state index in [1.165, 1.54) is 4.90 Å². The number of amides is 3. The molecule has 2 N–H and O–H groups in total. The molecule has 8 nitrogen and oxygen atoms in total. The van der Waals surface area contributed by atoms with Gasteiger partial charge in [-0.2, -0.15) is 0 Å². The Balaban J connectivity index is 2.39. The summed E-state index contributed by atoms with van der Waals surface area (Å²) in [4.78, 5) is 40.4. The van der Waals surface area contributed by atoms with Crippen molar-refractivity contribution in [2.24, 2.45) is 0 Å². The third-order valence-electron chi connectivity index (χ3n) is 5.57. The molecule has 1 aliphatic heterocycles. The Hall–Kier alpha value is -2.82. The minimum atomic E-state index is -1.37. The van der Waals surface area contributed by atoms with Crippen molar-refractivity contribution in [3.63, 3.8) is 0 Å². The lowest BCUT2D eigenvalue weighted by Gasteiger charge is -2.41. The number of nitrogens with one attached hydrogen (secondary N) is 1. The van der Waals surface area contributed by atoms with E-state index >= 15 is 0 Å². The monoisotopic (exact) mass is 501 g/mol. The summed E-state index contributed by atoms with van der Waals surface area (Å²) >= 11 is 0. The predicted molar refractivity (Wildman–Crippen MR) is 122 cm³/mol. The van der Waals surface area contributed by atoms with Crippen molar-refractivity contribution in [2.45, 2.75) is 77.6 Å². The minimum absolute atomic E-state index is 0.0640. The molecule has 0 aliphatic carbocycles. The third kappa shape index (κ3) is 7.58. The van der Waals surface area contributed by atoms with Gasteiger partial charge in [-0.3, -0.25) is 14.5 Å². The number of benzene rings is 1. The first-order valence-corrected chi connectivity index (χ1v) is 11.4. The van der Waals surface area contributed by atoms with Gasteiger partial charge in [0.05, 0.1) is 12.2 Å². The summed E-state index contributed by atoms with van der Waals surface area (Å²) in [6.07, 6.45) is -2.13. The molecule has 1 saturated heterocycles. The highest BCUT2D eigenvalue weighted by Crippen LogP contribution is 2.26. The molecule has 1 aromatic rings. The molecule has 2 rings (SSSR count). The molecule has 1 fully saturated rings. The van der Waals surface area contributed by atoms with Crippen LogP contribution in [0.1, 0.15) is 53.5 Å². The van der Waals surface area contributed by atoms with E-state index in [0.717, 1.165) is 4.90 Å². The minimum Gasteiger partial charge on any atom is -0.465 e. The van der Waals surface area contributed by atoms with Crippen molar-refractivity contribution in [2.75, 3.05) is 19.7 Å². The van der Waals surface area contributed by atoms with Gasteiger partial charge in [0.25, 0.3) is 0 Å². The average Bonchev–Trinajstić information content (AvgIpc) is 2.68. The molecule has 196 valence electrons. The van der Waals surface area contributed by atoms with Gasteiger partial charge in [0, 0.05) is 37.2 Å². The Morgan fingerprint density at radius 3 is 2.29 bits per heavy atom. The number of carboxylic acid groups (broad SMARTS) is 1. The zero-order chi connectivity index (χ0) is 26.7. The number of carbonyl (C=O) groups is 3. The standard InChI is InChI=1S/C24H34F3N3O5/c1-23(2,3)30(22(33)34)15(9-14-10-17(26)18(27)12-16(14)25)11-20(31)29-8-7-28-21(32)19(29)13-35-24(4,5)6/h10,12,15,19H,7-9,11,13H2,1-6H3,(H,28,32)(H,33,34)/t15-,19-/m1/s1. The summed E-state index contributed by atoms with van der Waals surface area (Å²) in [6, 6.07) is -0.989. The zero-order valence-corrected chi connectivity index (χ0v) is 21.0. The number of hydrogen-bond donors (Lipinski definition) is 2. The first kappa shape index (κ1) is 28.4. The number of halogens is 3.